The molecule has 1 heterocycles. The number of nitrogens with zero attached hydrogens (tertiary/aromatic N) is 1. The quantitative estimate of drug-likeness (QED) is 0.603. The molecular formula is C11H19NO. The summed E-state index contributed by atoms with van der Waals surface area (Å²) in [5.74, 6) is 2.83. The molecule has 4 atom stereocenters. The van der Waals surface area contributed by atoms with E-state index >= 15 is 0 Å². The minimum Gasteiger partial charge on any atom is -0.342 e. The summed E-state index contributed by atoms with van der Waals surface area (Å²) in [5.41, 5.74) is 0. The van der Waals surface area contributed by atoms with Crippen LogP contribution in [0.15, 0.2) is 0 Å². The second-order valence-electron chi connectivity index (χ2n) is 5.02. The van der Waals surface area contributed by atoms with Crippen molar-refractivity contribution in [2.45, 2.75) is 27.2 Å². The molecule has 1 saturated heterocycles. The number of rotatable bonds is 1. The highest BCUT2D eigenvalue weighted by Crippen LogP contribution is 2.40. The lowest BCUT2D eigenvalue weighted by Gasteiger charge is -2.15. The van der Waals surface area contributed by atoms with Gasteiger partial charge in [0.1, 0.15) is 0 Å². The van der Waals surface area contributed by atoms with E-state index in [4.69, 9.17) is 0 Å². The van der Waals surface area contributed by atoms with Crippen molar-refractivity contribution in [2.75, 3.05) is 13.1 Å². The van der Waals surface area contributed by atoms with E-state index in [1.54, 1.807) is 0 Å². The van der Waals surface area contributed by atoms with Crippen molar-refractivity contribution in [3.63, 3.8) is 0 Å². The number of amides is 1. The van der Waals surface area contributed by atoms with Crippen LogP contribution in [0.2, 0.25) is 0 Å². The monoisotopic (exact) mass is 181 g/mol. The average Bonchev–Trinajstić information content (AvgIpc) is 2.70. The SMILES string of the molecule is CC1CN(C(=O)[C@H]2C[C@@H]2C)CC1C. The Kier molecular flexibility index (Phi) is 2.09. The predicted molar refractivity (Wildman–Crippen MR) is 52.2 cm³/mol. The van der Waals surface area contributed by atoms with Gasteiger partial charge in [-0.05, 0) is 24.2 Å². The third kappa shape index (κ3) is 1.59. The van der Waals surface area contributed by atoms with Crippen molar-refractivity contribution < 1.29 is 4.79 Å². The molecule has 1 saturated carbocycles. The van der Waals surface area contributed by atoms with Crippen LogP contribution in [-0.4, -0.2) is 23.9 Å². The molecule has 2 aliphatic rings. The molecule has 0 bridgehead atoms. The summed E-state index contributed by atoms with van der Waals surface area (Å²) < 4.78 is 0. The number of hydrogen-bond donors (Lipinski definition) is 0. The largest absolute Gasteiger partial charge is 0.342 e. The van der Waals surface area contributed by atoms with Crippen molar-refractivity contribution in [3.8, 4) is 0 Å². The van der Waals surface area contributed by atoms with Crippen LogP contribution in [0.4, 0.5) is 0 Å². The lowest BCUT2D eigenvalue weighted by Crippen LogP contribution is -2.30. The van der Waals surface area contributed by atoms with Crippen molar-refractivity contribution in [3.05, 3.63) is 0 Å². The van der Waals surface area contributed by atoms with Crippen molar-refractivity contribution in [2.24, 2.45) is 23.7 Å². The standard InChI is InChI=1S/C11H19NO/c1-7-4-10(7)11(13)12-5-8(2)9(3)6-12/h7-10H,4-6H2,1-3H3/t7-,8?,9?,10-/m0/s1. The second-order valence-corrected chi connectivity index (χ2v) is 5.02. The fourth-order valence-corrected chi connectivity index (χ4v) is 2.21. The smallest absolute Gasteiger partial charge is 0.225 e. The summed E-state index contributed by atoms with van der Waals surface area (Å²) in [5, 5.41) is 0. The summed E-state index contributed by atoms with van der Waals surface area (Å²) in [4.78, 5) is 13.9. The second kappa shape index (κ2) is 3.00. The van der Waals surface area contributed by atoms with Gasteiger partial charge >= 0.3 is 0 Å². The summed E-state index contributed by atoms with van der Waals surface area (Å²) in [6, 6.07) is 0. The van der Waals surface area contributed by atoms with E-state index in [0.29, 0.717) is 29.6 Å². The number of likely N-dealkylation sites (tertiary alicyclic amines) is 1. The van der Waals surface area contributed by atoms with Gasteiger partial charge in [-0.15, -0.1) is 0 Å². The lowest BCUT2D eigenvalue weighted by atomic mass is 10.0. The molecule has 2 unspecified atom stereocenters. The number of carbonyl (C=O) groups excluding carboxylic acids is 1. The first-order valence-electron chi connectivity index (χ1n) is 5.38. The van der Waals surface area contributed by atoms with Gasteiger partial charge in [-0.25, -0.2) is 0 Å². The van der Waals surface area contributed by atoms with Crippen molar-refractivity contribution in [1.82, 2.24) is 4.90 Å². The molecule has 1 aliphatic heterocycles. The van der Waals surface area contributed by atoms with Crippen LogP contribution in [0.5, 0.6) is 0 Å². The van der Waals surface area contributed by atoms with Gasteiger partial charge in [0.25, 0.3) is 0 Å². The van der Waals surface area contributed by atoms with Crippen LogP contribution in [0.1, 0.15) is 27.2 Å². The Labute approximate surface area is 80.3 Å². The highest BCUT2D eigenvalue weighted by Gasteiger charge is 2.43. The van der Waals surface area contributed by atoms with E-state index < -0.39 is 0 Å². The van der Waals surface area contributed by atoms with Crippen LogP contribution in [0, 0.1) is 23.7 Å². The van der Waals surface area contributed by atoms with E-state index in [1.165, 1.54) is 0 Å². The normalized spacial score (nSPS) is 43.8. The number of hydrogen-bond acceptors (Lipinski definition) is 1. The van der Waals surface area contributed by atoms with Gasteiger partial charge in [0.05, 0.1) is 0 Å². The first-order valence-corrected chi connectivity index (χ1v) is 5.38. The highest BCUT2D eigenvalue weighted by atomic mass is 16.2. The molecular weight excluding hydrogens is 162 g/mol. The molecule has 0 N–H and O–H groups in total. The fraction of sp³-hybridized carbons (Fsp3) is 0.909. The Morgan fingerprint density at radius 3 is 1.92 bits per heavy atom. The topological polar surface area (TPSA) is 20.3 Å². The zero-order valence-electron chi connectivity index (χ0n) is 8.79. The van der Waals surface area contributed by atoms with Crippen molar-refractivity contribution >= 4 is 5.91 Å². The van der Waals surface area contributed by atoms with Gasteiger partial charge in [0.15, 0.2) is 0 Å². The molecule has 2 nitrogen and oxygen atoms in total. The Hall–Kier alpha value is -0.530. The van der Waals surface area contributed by atoms with Gasteiger partial charge in [-0.1, -0.05) is 20.8 Å². The molecule has 0 aromatic rings. The molecule has 2 fully saturated rings. The maximum atomic E-state index is 11.8. The molecule has 2 heteroatoms. The van der Waals surface area contributed by atoms with Crippen molar-refractivity contribution in [1.29, 1.82) is 0 Å². The first-order chi connectivity index (χ1) is 6.09. The number of carbonyl (C=O) groups is 1. The molecule has 2 rings (SSSR count). The van der Waals surface area contributed by atoms with Gasteiger partial charge < -0.3 is 4.90 Å². The van der Waals surface area contributed by atoms with Crippen LogP contribution < -0.4 is 0 Å². The predicted octanol–water partition coefficient (Wildman–Crippen LogP) is 1.76. The molecule has 1 amide bonds. The average molecular weight is 181 g/mol. The minimum atomic E-state index is 0.373. The maximum absolute atomic E-state index is 11.8. The van der Waals surface area contributed by atoms with E-state index in [2.05, 4.69) is 25.7 Å². The van der Waals surface area contributed by atoms with Crippen LogP contribution in [-0.2, 0) is 4.79 Å². The third-order valence-corrected chi connectivity index (χ3v) is 3.73. The molecule has 0 spiro atoms. The fourth-order valence-electron chi connectivity index (χ4n) is 2.21. The summed E-state index contributed by atoms with van der Waals surface area (Å²) in [6.45, 7) is 8.64. The molecule has 0 radical (unpaired) electrons. The lowest BCUT2D eigenvalue weighted by molar-refractivity contribution is -0.132. The molecule has 13 heavy (non-hydrogen) atoms. The van der Waals surface area contributed by atoms with E-state index in [9.17, 15) is 4.79 Å². The first kappa shape index (κ1) is 9.04. The van der Waals surface area contributed by atoms with Gasteiger partial charge in [-0.3, -0.25) is 4.79 Å². The van der Waals surface area contributed by atoms with Gasteiger partial charge in [-0.2, -0.15) is 0 Å². The Morgan fingerprint density at radius 2 is 1.54 bits per heavy atom. The molecule has 0 aromatic carbocycles. The van der Waals surface area contributed by atoms with E-state index in [0.717, 1.165) is 19.5 Å². The van der Waals surface area contributed by atoms with Crippen LogP contribution in [0.25, 0.3) is 0 Å². The van der Waals surface area contributed by atoms with E-state index in [1.807, 2.05) is 0 Å². The van der Waals surface area contributed by atoms with Crippen LogP contribution >= 0.6 is 0 Å². The van der Waals surface area contributed by atoms with Gasteiger partial charge in [0, 0.05) is 19.0 Å². The zero-order valence-corrected chi connectivity index (χ0v) is 8.79. The minimum absolute atomic E-state index is 0.373. The Bertz CT molecular complexity index is 216. The Balaban J connectivity index is 1.92. The molecule has 74 valence electrons. The highest BCUT2D eigenvalue weighted by molar-refractivity contribution is 5.81. The Morgan fingerprint density at radius 1 is 1.08 bits per heavy atom. The van der Waals surface area contributed by atoms with Gasteiger partial charge in [0.2, 0.25) is 5.91 Å². The summed E-state index contributed by atoms with van der Waals surface area (Å²) in [6.07, 6.45) is 1.12. The van der Waals surface area contributed by atoms with E-state index in [-0.39, 0.29) is 0 Å². The summed E-state index contributed by atoms with van der Waals surface area (Å²) in [7, 11) is 0. The zero-order chi connectivity index (χ0) is 9.59. The molecule has 1 aliphatic carbocycles. The van der Waals surface area contributed by atoms with Crippen LogP contribution in [0.3, 0.4) is 0 Å². The maximum Gasteiger partial charge on any atom is 0.225 e. The third-order valence-electron chi connectivity index (χ3n) is 3.73. The molecule has 0 aromatic heterocycles. The summed E-state index contributed by atoms with van der Waals surface area (Å²) >= 11 is 0.